The van der Waals surface area contributed by atoms with Gasteiger partial charge < -0.3 is 5.32 Å². The van der Waals surface area contributed by atoms with Crippen LogP contribution in [-0.2, 0) is 16.6 Å². The lowest BCUT2D eigenvalue weighted by Crippen LogP contribution is -2.38. The minimum Gasteiger partial charge on any atom is -0.316 e. The van der Waals surface area contributed by atoms with Crippen LogP contribution in [0.15, 0.2) is 11.2 Å². The number of hydrogen-bond acceptors (Lipinski definition) is 4. The highest BCUT2D eigenvalue weighted by atomic mass is 32.2. The van der Waals surface area contributed by atoms with Gasteiger partial charge in [-0.1, -0.05) is 12.8 Å². The number of hydrogen-bond donors (Lipinski definition) is 2. The number of nitrogens with one attached hydrogen (secondary N) is 2. The minimum atomic E-state index is -3.47. The van der Waals surface area contributed by atoms with Crippen molar-refractivity contribution in [3.8, 4) is 0 Å². The molecule has 1 aromatic rings. The van der Waals surface area contributed by atoms with Gasteiger partial charge in [0.2, 0.25) is 0 Å². The molecule has 1 aliphatic heterocycles. The molecule has 2 N–H and O–H groups in total. The first-order chi connectivity index (χ1) is 9.07. The van der Waals surface area contributed by atoms with E-state index in [9.17, 15) is 8.42 Å². The second-order valence-corrected chi connectivity index (χ2v) is 6.90. The molecule has 1 fully saturated rings. The van der Waals surface area contributed by atoms with Crippen molar-refractivity contribution in [3.05, 3.63) is 11.8 Å². The van der Waals surface area contributed by atoms with Gasteiger partial charge in [-0.25, -0.2) is 8.42 Å². The predicted molar refractivity (Wildman–Crippen MR) is 73.2 cm³/mol. The fourth-order valence-electron chi connectivity index (χ4n) is 2.56. The number of H-pyrrole nitrogens is 1. The Balaban J connectivity index is 2.32. The van der Waals surface area contributed by atoms with Gasteiger partial charge >= 0.3 is 0 Å². The molecule has 2 rings (SSSR count). The molecule has 0 aliphatic carbocycles. The third-order valence-corrected chi connectivity index (χ3v) is 5.63. The lowest BCUT2D eigenvalue weighted by Gasteiger charge is -2.25. The van der Waals surface area contributed by atoms with E-state index in [2.05, 4.69) is 15.5 Å². The van der Waals surface area contributed by atoms with Crippen LogP contribution >= 0.6 is 0 Å². The zero-order chi connectivity index (χ0) is 13.9. The molecule has 1 atom stereocenters. The van der Waals surface area contributed by atoms with Crippen molar-refractivity contribution in [1.82, 2.24) is 19.8 Å². The predicted octanol–water partition coefficient (Wildman–Crippen LogP) is 1.08. The molecule has 1 aromatic heterocycles. The summed E-state index contributed by atoms with van der Waals surface area (Å²) in [5.41, 5.74) is 0.693. The first-order valence-electron chi connectivity index (χ1n) is 6.76. The molecule has 19 heavy (non-hydrogen) atoms. The Bertz CT molecular complexity index is 512. The zero-order valence-electron chi connectivity index (χ0n) is 11.5. The van der Waals surface area contributed by atoms with E-state index in [1.165, 1.54) is 0 Å². The standard InChI is InChI=1S/C12H22N4O2S/c1-10-6-4-3-5-7-16(10)19(17,18)12-11(8-13-2)9-14-15-12/h9-10,13H,3-8H2,1-2H3,(H,14,15). The van der Waals surface area contributed by atoms with E-state index < -0.39 is 10.0 Å². The van der Waals surface area contributed by atoms with Crippen LogP contribution in [0.2, 0.25) is 0 Å². The normalized spacial score (nSPS) is 22.3. The molecule has 1 unspecified atom stereocenters. The molecule has 2 heterocycles. The Morgan fingerprint density at radius 1 is 1.47 bits per heavy atom. The summed E-state index contributed by atoms with van der Waals surface area (Å²) in [7, 11) is -1.68. The van der Waals surface area contributed by atoms with E-state index in [1.54, 1.807) is 17.5 Å². The highest BCUT2D eigenvalue weighted by molar-refractivity contribution is 7.89. The van der Waals surface area contributed by atoms with E-state index in [4.69, 9.17) is 0 Å². The molecule has 0 radical (unpaired) electrons. The number of nitrogens with zero attached hydrogens (tertiary/aromatic N) is 2. The van der Waals surface area contributed by atoms with Crippen molar-refractivity contribution >= 4 is 10.0 Å². The lowest BCUT2D eigenvalue weighted by atomic mass is 10.1. The van der Waals surface area contributed by atoms with Gasteiger partial charge in [0.05, 0.1) is 6.20 Å². The number of sulfonamides is 1. The Morgan fingerprint density at radius 2 is 2.26 bits per heavy atom. The molecule has 0 amide bonds. The molecule has 0 spiro atoms. The van der Waals surface area contributed by atoms with Crippen LogP contribution in [0.5, 0.6) is 0 Å². The van der Waals surface area contributed by atoms with E-state index in [-0.39, 0.29) is 11.1 Å². The average Bonchev–Trinajstić information content (AvgIpc) is 2.72. The van der Waals surface area contributed by atoms with E-state index in [0.29, 0.717) is 18.7 Å². The number of aromatic nitrogens is 2. The molecule has 7 heteroatoms. The van der Waals surface area contributed by atoms with Crippen molar-refractivity contribution in [2.75, 3.05) is 13.6 Å². The molecule has 0 saturated carbocycles. The van der Waals surface area contributed by atoms with Crippen LogP contribution in [-0.4, -0.2) is 42.6 Å². The molecule has 1 saturated heterocycles. The van der Waals surface area contributed by atoms with E-state index in [1.807, 2.05) is 6.92 Å². The van der Waals surface area contributed by atoms with Crippen LogP contribution in [0.3, 0.4) is 0 Å². The summed E-state index contributed by atoms with van der Waals surface area (Å²) in [5.74, 6) is 0. The largest absolute Gasteiger partial charge is 0.316 e. The SMILES string of the molecule is CNCc1cn[nH]c1S(=O)(=O)N1CCCCCC1C. The highest BCUT2D eigenvalue weighted by Crippen LogP contribution is 2.25. The zero-order valence-corrected chi connectivity index (χ0v) is 12.3. The van der Waals surface area contributed by atoms with Crippen molar-refractivity contribution in [3.63, 3.8) is 0 Å². The second kappa shape index (κ2) is 6.02. The summed E-state index contributed by atoms with van der Waals surface area (Å²) in [6.45, 7) is 3.08. The van der Waals surface area contributed by atoms with Crippen molar-refractivity contribution < 1.29 is 8.42 Å². The van der Waals surface area contributed by atoms with Crippen LogP contribution in [0, 0.1) is 0 Å². The number of rotatable bonds is 4. The summed E-state index contributed by atoms with van der Waals surface area (Å²) < 4.78 is 27.1. The average molecular weight is 286 g/mol. The third-order valence-electron chi connectivity index (χ3n) is 3.60. The van der Waals surface area contributed by atoms with E-state index in [0.717, 1.165) is 25.7 Å². The topological polar surface area (TPSA) is 78.1 Å². The Kier molecular flexibility index (Phi) is 4.59. The first kappa shape index (κ1) is 14.5. The maximum Gasteiger partial charge on any atom is 0.260 e. The molecule has 1 aliphatic rings. The van der Waals surface area contributed by atoms with Gasteiger partial charge in [-0.05, 0) is 26.8 Å². The van der Waals surface area contributed by atoms with Gasteiger partial charge in [-0.15, -0.1) is 0 Å². The van der Waals surface area contributed by atoms with Crippen LogP contribution in [0.1, 0.15) is 38.2 Å². The fraction of sp³-hybridized carbons (Fsp3) is 0.750. The summed E-state index contributed by atoms with van der Waals surface area (Å²) in [6.07, 6.45) is 5.63. The molecular weight excluding hydrogens is 264 g/mol. The quantitative estimate of drug-likeness (QED) is 0.868. The van der Waals surface area contributed by atoms with Crippen molar-refractivity contribution in [2.45, 2.75) is 50.2 Å². The summed E-state index contributed by atoms with van der Waals surface area (Å²) >= 11 is 0. The van der Waals surface area contributed by atoms with E-state index >= 15 is 0 Å². The van der Waals surface area contributed by atoms with Gasteiger partial charge in [-0.3, -0.25) is 5.10 Å². The third kappa shape index (κ3) is 2.98. The molecule has 0 aromatic carbocycles. The summed E-state index contributed by atoms with van der Waals surface area (Å²) in [6, 6.07) is 0.0539. The molecular formula is C12H22N4O2S. The summed E-state index contributed by atoms with van der Waals surface area (Å²) in [4.78, 5) is 0. The first-order valence-corrected chi connectivity index (χ1v) is 8.20. The van der Waals surface area contributed by atoms with Crippen molar-refractivity contribution in [2.24, 2.45) is 0 Å². The highest BCUT2D eigenvalue weighted by Gasteiger charge is 2.32. The van der Waals surface area contributed by atoms with Gasteiger partial charge in [0.15, 0.2) is 5.03 Å². The van der Waals surface area contributed by atoms with Gasteiger partial charge in [0.25, 0.3) is 10.0 Å². The monoisotopic (exact) mass is 286 g/mol. The Labute approximate surface area is 114 Å². The van der Waals surface area contributed by atoms with Gasteiger partial charge in [0, 0.05) is 24.7 Å². The smallest absolute Gasteiger partial charge is 0.260 e. The molecule has 108 valence electrons. The fourth-order valence-corrected chi connectivity index (χ4v) is 4.37. The Hall–Kier alpha value is -0.920. The maximum absolute atomic E-state index is 12.7. The molecule has 6 nitrogen and oxygen atoms in total. The maximum atomic E-state index is 12.7. The van der Waals surface area contributed by atoms with Crippen LogP contribution < -0.4 is 5.32 Å². The van der Waals surface area contributed by atoms with Crippen LogP contribution in [0.25, 0.3) is 0 Å². The van der Waals surface area contributed by atoms with Crippen LogP contribution in [0.4, 0.5) is 0 Å². The lowest BCUT2D eigenvalue weighted by molar-refractivity contribution is 0.340. The second-order valence-electron chi connectivity index (χ2n) is 5.07. The minimum absolute atomic E-state index is 0.0539. The molecule has 0 bridgehead atoms. The Morgan fingerprint density at radius 3 is 3.00 bits per heavy atom. The number of aromatic amines is 1. The summed E-state index contributed by atoms with van der Waals surface area (Å²) in [5, 5.41) is 9.73. The van der Waals surface area contributed by atoms with Gasteiger partial charge in [0.1, 0.15) is 0 Å². The van der Waals surface area contributed by atoms with Gasteiger partial charge in [-0.2, -0.15) is 9.40 Å². The van der Waals surface area contributed by atoms with Crippen molar-refractivity contribution in [1.29, 1.82) is 0 Å².